The third-order valence-corrected chi connectivity index (χ3v) is 3.78. The van der Waals surface area contributed by atoms with Crippen LogP contribution >= 0.6 is 11.6 Å². The van der Waals surface area contributed by atoms with Crippen molar-refractivity contribution < 1.29 is 0 Å². The van der Waals surface area contributed by atoms with E-state index >= 15 is 0 Å². The summed E-state index contributed by atoms with van der Waals surface area (Å²) in [5.74, 6) is 6.29. The van der Waals surface area contributed by atoms with Gasteiger partial charge in [-0.3, -0.25) is 0 Å². The van der Waals surface area contributed by atoms with Gasteiger partial charge < -0.3 is 4.57 Å². The molecule has 3 nitrogen and oxygen atoms in total. The molecule has 0 amide bonds. The lowest BCUT2D eigenvalue weighted by Crippen LogP contribution is -2.02. The van der Waals surface area contributed by atoms with Crippen LogP contribution in [0.2, 0.25) is 5.02 Å². The molecule has 24 heavy (non-hydrogen) atoms. The zero-order chi connectivity index (χ0) is 16.8. The van der Waals surface area contributed by atoms with Crippen LogP contribution in [0.1, 0.15) is 16.8 Å². The van der Waals surface area contributed by atoms with Gasteiger partial charge in [0.2, 0.25) is 0 Å². The minimum atomic E-state index is 0.618. The van der Waals surface area contributed by atoms with Crippen LogP contribution in [0.5, 0.6) is 0 Å². The molecule has 0 saturated carbocycles. The molecule has 0 unspecified atom stereocenters. The van der Waals surface area contributed by atoms with Crippen molar-refractivity contribution >= 4 is 17.3 Å². The highest BCUT2D eigenvalue weighted by Crippen LogP contribution is 2.14. The SMILES string of the molecule is [C-]#[N+]c1ccc(Cn2cncc2CC#Cc2cccc(Cl)c2)cc1. The molecule has 0 atom stereocenters. The van der Waals surface area contributed by atoms with Gasteiger partial charge in [0.25, 0.3) is 0 Å². The Kier molecular flexibility index (Phi) is 4.96. The first-order valence-electron chi connectivity index (χ1n) is 7.44. The van der Waals surface area contributed by atoms with Gasteiger partial charge in [-0.2, -0.15) is 0 Å². The number of imidazole rings is 1. The van der Waals surface area contributed by atoms with Crippen molar-refractivity contribution in [3.63, 3.8) is 0 Å². The molecule has 0 aliphatic rings. The van der Waals surface area contributed by atoms with Crippen molar-refractivity contribution in [2.45, 2.75) is 13.0 Å². The van der Waals surface area contributed by atoms with Gasteiger partial charge >= 0.3 is 0 Å². The number of hydrogen-bond donors (Lipinski definition) is 0. The lowest BCUT2D eigenvalue weighted by Gasteiger charge is -2.06. The first kappa shape index (κ1) is 15.9. The van der Waals surface area contributed by atoms with Crippen LogP contribution in [0, 0.1) is 18.4 Å². The molecule has 116 valence electrons. The predicted molar refractivity (Wildman–Crippen MR) is 96.1 cm³/mol. The summed E-state index contributed by atoms with van der Waals surface area (Å²) < 4.78 is 2.07. The van der Waals surface area contributed by atoms with Crippen LogP contribution in [0.4, 0.5) is 5.69 Å². The number of rotatable bonds is 3. The second-order valence-electron chi connectivity index (χ2n) is 5.28. The van der Waals surface area contributed by atoms with Gasteiger partial charge in [0.15, 0.2) is 5.69 Å². The topological polar surface area (TPSA) is 22.2 Å². The number of hydrogen-bond acceptors (Lipinski definition) is 1. The number of nitrogens with zero attached hydrogens (tertiary/aromatic N) is 3. The first-order valence-corrected chi connectivity index (χ1v) is 7.82. The molecule has 3 aromatic rings. The monoisotopic (exact) mass is 331 g/mol. The molecule has 2 aromatic carbocycles. The molecular formula is C20H14ClN3. The van der Waals surface area contributed by atoms with Crippen LogP contribution in [-0.2, 0) is 13.0 Å². The molecule has 4 heteroatoms. The molecule has 0 fully saturated rings. The molecule has 1 heterocycles. The molecule has 1 aromatic heterocycles. The van der Waals surface area contributed by atoms with Crippen LogP contribution in [0.15, 0.2) is 61.1 Å². The van der Waals surface area contributed by atoms with Crippen molar-refractivity contribution in [2.75, 3.05) is 0 Å². The molecule has 0 radical (unpaired) electrons. The molecule has 0 aliphatic carbocycles. The van der Waals surface area contributed by atoms with Gasteiger partial charge in [-0.25, -0.2) is 9.83 Å². The number of halogens is 1. The van der Waals surface area contributed by atoms with Crippen molar-refractivity contribution in [2.24, 2.45) is 0 Å². The van der Waals surface area contributed by atoms with Gasteiger partial charge in [-0.15, -0.1) is 0 Å². The maximum Gasteiger partial charge on any atom is 0.187 e. The Morgan fingerprint density at radius 3 is 2.75 bits per heavy atom. The van der Waals surface area contributed by atoms with E-state index in [1.54, 1.807) is 6.33 Å². The van der Waals surface area contributed by atoms with Crippen molar-refractivity contribution in [3.8, 4) is 11.8 Å². The third-order valence-electron chi connectivity index (χ3n) is 3.54. The summed E-state index contributed by atoms with van der Waals surface area (Å²) in [6.45, 7) is 7.71. The normalized spacial score (nSPS) is 9.83. The zero-order valence-corrected chi connectivity index (χ0v) is 13.7. The van der Waals surface area contributed by atoms with E-state index in [4.69, 9.17) is 18.2 Å². The maximum atomic E-state index is 6.99. The Hall–Kier alpha value is -3.01. The highest BCUT2D eigenvalue weighted by Gasteiger charge is 2.02. The first-order chi connectivity index (χ1) is 11.7. The van der Waals surface area contributed by atoms with Gasteiger partial charge in [0, 0.05) is 29.0 Å². The Labute approximate surface area is 146 Å². The van der Waals surface area contributed by atoms with E-state index in [0.29, 0.717) is 23.7 Å². The van der Waals surface area contributed by atoms with E-state index in [0.717, 1.165) is 16.8 Å². The van der Waals surface area contributed by atoms with Crippen LogP contribution in [0.25, 0.3) is 4.85 Å². The summed E-state index contributed by atoms with van der Waals surface area (Å²) in [5, 5.41) is 0.690. The lowest BCUT2D eigenvalue weighted by atomic mass is 10.2. The Bertz CT molecular complexity index is 937. The summed E-state index contributed by atoms with van der Waals surface area (Å²) >= 11 is 5.96. The molecule has 3 rings (SSSR count). The van der Waals surface area contributed by atoms with E-state index in [-0.39, 0.29) is 0 Å². The summed E-state index contributed by atoms with van der Waals surface area (Å²) in [4.78, 5) is 7.62. The number of aromatic nitrogens is 2. The molecule has 0 aliphatic heterocycles. The fourth-order valence-corrected chi connectivity index (χ4v) is 2.50. The average Bonchev–Trinajstić information content (AvgIpc) is 3.03. The standard InChI is InChI=1S/C20H14ClN3/c1-22-19-10-8-17(9-11-19)14-24-15-23-13-20(24)7-3-5-16-4-2-6-18(21)12-16/h2,4,6,8-13,15H,7,14H2. The predicted octanol–water partition coefficient (Wildman–Crippen LogP) is 4.73. The second-order valence-corrected chi connectivity index (χ2v) is 5.72. The zero-order valence-electron chi connectivity index (χ0n) is 12.9. The van der Waals surface area contributed by atoms with E-state index in [1.165, 1.54) is 0 Å². The van der Waals surface area contributed by atoms with Crippen molar-refractivity contribution in [1.29, 1.82) is 0 Å². The molecule has 0 bridgehead atoms. The van der Waals surface area contributed by atoms with E-state index < -0.39 is 0 Å². The third kappa shape index (κ3) is 4.04. The molecular weight excluding hydrogens is 318 g/mol. The smallest absolute Gasteiger partial charge is 0.187 e. The molecule has 0 saturated heterocycles. The quantitative estimate of drug-likeness (QED) is 0.502. The largest absolute Gasteiger partial charge is 0.329 e. The Morgan fingerprint density at radius 2 is 2.00 bits per heavy atom. The van der Waals surface area contributed by atoms with Gasteiger partial charge in [-0.05, 0) is 23.8 Å². The van der Waals surface area contributed by atoms with E-state index in [1.807, 2.05) is 54.7 Å². The van der Waals surface area contributed by atoms with E-state index in [9.17, 15) is 0 Å². The highest BCUT2D eigenvalue weighted by atomic mass is 35.5. The average molecular weight is 332 g/mol. The molecule has 0 N–H and O–H groups in total. The fraction of sp³-hybridized carbons (Fsp3) is 0.100. The fourth-order valence-electron chi connectivity index (χ4n) is 2.31. The minimum absolute atomic E-state index is 0.618. The maximum absolute atomic E-state index is 6.99. The minimum Gasteiger partial charge on any atom is -0.329 e. The summed E-state index contributed by atoms with van der Waals surface area (Å²) in [5.41, 5.74) is 3.74. The summed E-state index contributed by atoms with van der Waals surface area (Å²) in [6, 6.07) is 15.1. The Balaban J connectivity index is 1.70. The number of benzene rings is 2. The summed E-state index contributed by atoms with van der Waals surface area (Å²) in [6.07, 6.45) is 4.26. The van der Waals surface area contributed by atoms with E-state index in [2.05, 4.69) is 26.2 Å². The lowest BCUT2D eigenvalue weighted by molar-refractivity contribution is 0.760. The molecule has 0 spiro atoms. The highest BCUT2D eigenvalue weighted by molar-refractivity contribution is 6.30. The van der Waals surface area contributed by atoms with Crippen LogP contribution in [0.3, 0.4) is 0 Å². The van der Waals surface area contributed by atoms with Crippen molar-refractivity contribution in [3.05, 3.63) is 94.3 Å². The van der Waals surface area contributed by atoms with Crippen LogP contribution in [-0.4, -0.2) is 9.55 Å². The van der Waals surface area contributed by atoms with Gasteiger partial charge in [-0.1, -0.05) is 53.8 Å². The van der Waals surface area contributed by atoms with Crippen molar-refractivity contribution in [1.82, 2.24) is 9.55 Å². The van der Waals surface area contributed by atoms with Crippen LogP contribution < -0.4 is 0 Å². The second kappa shape index (κ2) is 7.51. The Morgan fingerprint density at radius 1 is 1.17 bits per heavy atom. The van der Waals surface area contributed by atoms with Gasteiger partial charge in [0.05, 0.1) is 19.3 Å². The van der Waals surface area contributed by atoms with Gasteiger partial charge in [0.1, 0.15) is 0 Å². The summed E-state index contributed by atoms with van der Waals surface area (Å²) in [7, 11) is 0.